The maximum Gasteiger partial charge on any atom is 0.243 e. The van der Waals surface area contributed by atoms with Crippen molar-refractivity contribution in [3.63, 3.8) is 0 Å². The Balaban J connectivity index is 1.75. The van der Waals surface area contributed by atoms with Gasteiger partial charge in [-0.05, 0) is 29.8 Å². The Morgan fingerprint density at radius 2 is 2.27 bits per heavy atom. The first-order valence-electron chi connectivity index (χ1n) is 6.72. The lowest BCUT2D eigenvalue weighted by Gasteiger charge is -2.26. The minimum Gasteiger partial charge on any atom is -0.375 e. The molecule has 2 fully saturated rings. The quantitative estimate of drug-likeness (QED) is 0.863. The van der Waals surface area contributed by atoms with Gasteiger partial charge in [-0.15, -0.1) is 10.2 Å². The molecule has 0 amide bonds. The van der Waals surface area contributed by atoms with Crippen molar-refractivity contribution in [2.75, 3.05) is 13.2 Å². The molecule has 2 aromatic rings. The van der Waals surface area contributed by atoms with Crippen LogP contribution in [-0.2, 0) is 14.8 Å². The number of H-pyrrole nitrogens is 1. The number of aromatic nitrogens is 4. The monoisotopic (exact) mass is 325 g/mol. The van der Waals surface area contributed by atoms with Crippen LogP contribution in [0.3, 0.4) is 0 Å². The molecule has 1 aromatic heterocycles. The molecule has 10 heteroatoms. The van der Waals surface area contributed by atoms with E-state index >= 15 is 0 Å². The molecule has 2 saturated heterocycles. The number of nitrogens with zero attached hydrogens (tertiary/aromatic N) is 4. The van der Waals surface area contributed by atoms with Gasteiger partial charge in [-0.3, -0.25) is 0 Å². The SMILES string of the molecule is O=S(=O)(c1ccc(F)c(-c2nn[nH]n2)c1)N1CC2CC1CO2. The number of morpholine rings is 1. The molecule has 2 aliphatic rings. The van der Waals surface area contributed by atoms with E-state index in [-0.39, 0.29) is 28.4 Å². The summed E-state index contributed by atoms with van der Waals surface area (Å²) in [4.78, 5) is 0.0150. The second kappa shape index (κ2) is 4.80. The van der Waals surface area contributed by atoms with Gasteiger partial charge in [-0.2, -0.15) is 9.52 Å². The summed E-state index contributed by atoms with van der Waals surface area (Å²) in [6.07, 6.45) is 0.662. The van der Waals surface area contributed by atoms with Crippen LogP contribution >= 0.6 is 0 Å². The van der Waals surface area contributed by atoms with Crippen LogP contribution in [0.2, 0.25) is 0 Å². The van der Waals surface area contributed by atoms with Gasteiger partial charge >= 0.3 is 0 Å². The lowest BCUT2D eigenvalue weighted by molar-refractivity contribution is 0.0608. The number of aromatic amines is 1. The summed E-state index contributed by atoms with van der Waals surface area (Å²) in [6, 6.07) is 3.45. The van der Waals surface area contributed by atoms with E-state index < -0.39 is 15.8 Å². The van der Waals surface area contributed by atoms with Crippen molar-refractivity contribution in [3.8, 4) is 11.4 Å². The normalized spacial score (nSPS) is 25.0. The van der Waals surface area contributed by atoms with E-state index in [2.05, 4.69) is 20.6 Å². The molecule has 2 bridgehead atoms. The molecule has 116 valence electrons. The fraction of sp³-hybridized carbons (Fsp3) is 0.417. The summed E-state index contributed by atoms with van der Waals surface area (Å²) in [5.74, 6) is -0.590. The van der Waals surface area contributed by atoms with Crippen molar-refractivity contribution in [2.24, 2.45) is 0 Å². The molecular weight excluding hydrogens is 313 g/mol. The predicted octanol–water partition coefficient (Wildman–Crippen LogP) is 0.168. The highest BCUT2D eigenvalue weighted by Crippen LogP contribution is 2.34. The number of nitrogens with one attached hydrogen (secondary N) is 1. The third-order valence-electron chi connectivity index (χ3n) is 3.98. The van der Waals surface area contributed by atoms with Crippen molar-refractivity contribution in [1.82, 2.24) is 24.9 Å². The third kappa shape index (κ3) is 2.02. The van der Waals surface area contributed by atoms with Gasteiger partial charge in [0.15, 0.2) is 0 Å². The van der Waals surface area contributed by atoms with Crippen molar-refractivity contribution >= 4 is 10.0 Å². The molecule has 3 heterocycles. The zero-order valence-electron chi connectivity index (χ0n) is 11.3. The van der Waals surface area contributed by atoms with Crippen LogP contribution in [0.25, 0.3) is 11.4 Å². The number of hydrogen-bond acceptors (Lipinski definition) is 6. The molecule has 1 N–H and O–H groups in total. The van der Waals surface area contributed by atoms with Gasteiger partial charge in [-0.25, -0.2) is 12.8 Å². The lowest BCUT2D eigenvalue weighted by atomic mass is 10.2. The van der Waals surface area contributed by atoms with Gasteiger partial charge in [0.05, 0.1) is 29.2 Å². The number of halogens is 1. The first-order valence-corrected chi connectivity index (χ1v) is 8.16. The molecule has 2 atom stereocenters. The molecule has 2 unspecified atom stereocenters. The summed E-state index contributed by atoms with van der Waals surface area (Å²) >= 11 is 0. The summed E-state index contributed by atoms with van der Waals surface area (Å²) in [5, 5.41) is 13.0. The Labute approximate surface area is 125 Å². The van der Waals surface area contributed by atoms with E-state index in [9.17, 15) is 12.8 Å². The van der Waals surface area contributed by atoms with E-state index in [1.54, 1.807) is 0 Å². The van der Waals surface area contributed by atoms with Crippen LogP contribution in [0.15, 0.2) is 23.1 Å². The predicted molar refractivity (Wildman–Crippen MR) is 71.6 cm³/mol. The van der Waals surface area contributed by atoms with E-state index in [1.165, 1.54) is 16.4 Å². The molecule has 1 aromatic carbocycles. The first-order chi connectivity index (χ1) is 10.6. The molecule has 0 spiro atoms. The average Bonchev–Trinajstić information content (AvgIpc) is 3.25. The smallest absolute Gasteiger partial charge is 0.243 e. The maximum atomic E-state index is 13.9. The lowest BCUT2D eigenvalue weighted by Crippen LogP contribution is -2.41. The van der Waals surface area contributed by atoms with Crippen LogP contribution in [0.5, 0.6) is 0 Å². The largest absolute Gasteiger partial charge is 0.375 e. The van der Waals surface area contributed by atoms with Gasteiger partial charge in [0.25, 0.3) is 0 Å². The van der Waals surface area contributed by atoms with Crippen molar-refractivity contribution in [1.29, 1.82) is 0 Å². The molecule has 0 saturated carbocycles. The van der Waals surface area contributed by atoms with Gasteiger partial charge < -0.3 is 4.74 Å². The van der Waals surface area contributed by atoms with E-state index in [4.69, 9.17) is 4.74 Å². The molecule has 22 heavy (non-hydrogen) atoms. The number of hydrogen-bond donors (Lipinski definition) is 1. The minimum atomic E-state index is -3.70. The second-order valence-corrected chi connectivity index (χ2v) is 7.19. The van der Waals surface area contributed by atoms with Gasteiger partial charge in [0.2, 0.25) is 15.8 Å². The van der Waals surface area contributed by atoms with Crippen molar-refractivity contribution < 1.29 is 17.5 Å². The number of benzene rings is 1. The molecule has 8 nitrogen and oxygen atoms in total. The zero-order valence-corrected chi connectivity index (χ0v) is 12.1. The highest BCUT2D eigenvalue weighted by molar-refractivity contribution is 7.89. The Bertz CT molecular complexity index is 810. The maximum absolute atomic E-state index is 13.9. The Morgan fingerprint density at radius 3 is 2.91 bits per heavy atom. The molecule has 2 aliphatic heterocycles. The van der Waals surface area contributed by atoms with Gasteiger partial charge in [0, 0.05) is 6.54 Å². The standard InChI is InChI=1S/C12H12FN5O3S/c13-11-2-1-9(4-10(11)12-14-16-17-15-12)22(19,20)18-5-8-3-7(18)6-21-8/h1-2,4,7-8H,3,5-6H2,(H,14,15,16,17). The fourth-order valence-corrected chi connectivity index (χ4v) is 4.59. The number of sulfonamides is 1. The van der Waals surface area contributed by atoms with E-state index in [0.717, 1.165) is 6.07 Å². The summed E-state index contributed by atoms with van der Waals surface area (Å²) < 4.78 is 46.2. The fourth-order valence-electron chi connectivity index (χ4n) is 2.91. The van der Waals surface area contributed by atoms with Crippen LogP contribution in [0, 0.1) is 5.82 Å². The zero-order chi connectivity index (χ0) is 15.3. The number of ether oxygens (including phenoxy) is 1. The second-order valence-electron chi connectivity index (χ2n) is 5.30. The van der Waals surface area contributed by atoms with Gasteiger partial charge in [0.1, 0.15) is 5.82 Å². The topological polar surface area (TPSA) is 101 Å². The summed E-state index contributed by atoms with van der Waals surface area (Å²) in [7, 11) is -3.70. The number of rotatable bonds is 3. The van der Waals surface area contributed by atoms with Gasteiger partial charge in [-0.1, -0.05) is 0 Å². The van der Waals surface area contributed by atoms with Crippen molar-refractivity contribution in [2.45, 2.75) is 23.5 Å². The highest BCUT2D eigenvalue weighted by atomic mass is 32.2. The van der Waals surface area contributed by atoms with Crippen LogP contribution < -0.4 is 0 Å². The van der Waals surface area contributed by atoms with E-state index in [0.29, 0.717) is 19.6 Å². The Morgan fingerprint density at radius 1 is 1.41 bits per heavy atom. The summed E-state index contributed by atoms with van der Waals surface area (Å²) in [5.41, 5.74) is -0.00423. The average molecular weight is 325 g/mol. The Hall–Kier alpha value is -1.91. The first kappa shape index (κ1) is 13.7. The summed E-state index contributed by atoms with van der Waals surface area (Å²) in [6.45, 7) is 0.741. The Kier molecular flexibility index (Phi) is 2.99. The van der Waals surface area contributed by atoms with Crippen LogP contribution in [-0.4, -0.2) is 58.6 Å². The molecule has 0 aliphatic carbocycles. The molecular formula is C12H12FN5O3S. The third-order valence-corrected chi connectivity index (χ3v) is 5.90. The minimum absolute atomic E-state index is 0.00423. The van der Waals surface area contributed by atoms with Crippen LogP contribution in [0.4, 0.5) is 4.39 Å². The number of tetrazole rings is 1. The van der Waals surface area contributed by atoms with Crippen molar-refractivity contribution in [3.05, 3.63) is 24.0 Å². The molecule has 0 radical (unpaired) electrons. The highest BCUT2D eigenvalue weighted by Gasteiger charge is 2.45. The molecule has 4 rings (SSSR count). The van der Waals surface area contributed by atoms with E-state index in [1.807, 2.05) is 0 Å². The van der Waals surface area contributed by atoms with Crippen LogP contribution in [0.1, 0.15) is 6.42 Å². The number of fused-ring (bicyclic) bond motifs is 2.